The standard InChI is InChI=1S/C32H50O3/c1-20(33)21-11-13-29(6)24(28(21,4)5)12-14-31(8)25(29)10-9-22-23-19-27(2,3)15-17-32(23,26(34)35)18-16-30(22,31)7/h9,21,23-25H,10-19H2,1-8H3,(H,34,35)/t21?,23-,24-,25+,29-,30+,31+,32-/m0/s1. The van der Waals surface area contributed by atoms with Gasteiger partial charge in [0.05, 0.1) is 5.41 Å². The predicted molar refractivity (Wildman–Crippen MR) is 141 cm³/mol. The van der Waals surface area contributed by atoms with Gasteiger partial charge in [0.1, 0.15) is 5.78 Å². The number of ketones is 1. The Balaban J connectivity index is 1.58. The smallest absolute Gasteiger partial charge is 0.310 e. The van der Waals surface area contributed by atoms with Crippen LogP contribution in [0.15, 0.2) is 11.6 Å². The summed E-state index contributed by atoms with van der Waals surface area (Å²) in [5.74, 6) is 1.36. The number of fused-ring (bicyclic) bond motifs is 7. The van der Waals surface area contributed by atoms with E-state index in [-0.39, 0.29) is 38.9 Å². The van der Waals surface area contributed by atoms with Gasteiger partial charge in [0.2, 0.25) is 0 Å². The molecule has 5 aliphatic carbocycles. The van der Waals surface area contributed by atoms with Crippen molar-refractivity contribution in [1.82, 2.24) is 0 Å². The van der Waals surface area contributed by atoms with E-state index in [9.17, 15) is 14.7 Å². The fraction of sp³-hybridized carbons (Fsp3) is 0.875. The first-order valence-corrected chi connectivity index (χ1v) is 14.5. The number of carboxylic acids is 1. The molecule has 5 rings (SSSR count). The number of aliphatic carboxylic acids is 1. The SMILES string of the molecule is CC(=O)C1CC[C@]2(C)[C@H]3CC=C4[C@@H]5CC(C)(C)CC[C@]5(C(=O)O)CC[C@@]4(C)[C@]3(C)CC[C@H]2C1(C)C. The molecule has 0 spiro atoms. The highest BCUT2D eigenvalue weighted by Gasteiger charge is 2.69. The monoisotopic (exact) mass is 482 g/mol. The molecule has 5 aliphatic rings. The molecule has 8 atom stereocenters. The Morgan fingerprint density at radius 1 is 0.857 bits per heavy atom. The van der Waals surface area contributed by atoms with E-state index in [1.54, 1.807) is 6.92 Å². The Kier molecular flexibility index (Phi) is 5.45. The van der Waals surface area contributed by atoms with E-state index in [1.165, 1.54) is 18.4 Å². The van der Waals surface area contributed by atoms with Crippen molar-refractivity contribution in [2.45, 2.75) is 120 Å². The van der Waals surface area contributed by atoms with E-state index in [1.807, 2.05) is 0 Å². The maximum Gasteiger partial charge on any atom is 0.310 e. The number of hydrogen-bond donors (Lipinski definition) is 1. The van der Waals surface area contributed by atoms with E-state index in [2.05, 4.69) is 54.5 Å². The highest BCUT2D eigenvalue weighted by Crippen LogP contribution is 2.76. The minimum absolute atomic E-state index is 0.0451. The second-order valence-corrected chi connectivity index (χ2v) is 15.7. The molecule has 0 heterocycles. The number of Topliss-reactive ketones (excluding diaryl/α,β-unsaturated/α-hetero) is 1. The van der Waals surface area contributed by atoms with Crippen LogP contribution in [-0.2, 0) is 9.59 Å². The Hall–Kier alpha value is -1.12. The second kappa shape index (κ2) is 7.47. The van der Waals surface area contributed by atoms with Crippen LogP contribution in [0.25, 0.3) is 0 Å². The molecule has 3 heteroatoms. The van der Waals surface area contributed by atoms with Gasteiger partial charge in [0, 0.05) is 5.92 Å². The second-order valence-electron chi connectivity index (χ2n) is 15.7. The predicted octanol–water partition coefficient (Wildman–Crippen LogP) is 8.08. The largest absolute Gasteiger partial charge is 0.481 e. The Morgan fingerprint density at radius 3 is 2.14 bits per heavy atom. The van der Waals surface area contributed by atoms with Gasteiger partial charge in [-0.3, -0.25) is 9.59 Å². The molecule has 0 bridgehead atoms. The van der Waals surface area contributed by atoms with Gasteiger partial charge in [-0.1, -0.05) is 60.1 Å². The van der Waals surface area contributed by atoms with Crippen LogP contribution in [0.1, 0.15) is 120 Å². The summed E-state index contributed by atoms with van der Waals surface area (Å²) in [6.45, 7) is 18.9. The quantitative estimate of drug-likeness (QED) is 0.405. The zero-order chi connectivity index (χ0) is 25.8. The molecule has 0 aromatic heterocycles. The number of carbonyl (C=O) groups is 2. The van der Waals surface area contributed by atoms with E-state index >= 15 is 0 Å². The summed E-state index contributed by atoms with van der Waals surface area (Å²) in [7, 11) is 0. The molecule has 0 aliphatic heterocycles. The van der Waals surface area contributed by atoms with E-state index in [0.29, 0.717) is 17.6 Å². The highest BCUT2D eigenvalue weighted by molar-refractivity contribution is 5.79. The lowest BCUT2D eigenvalue weighted by atomic mass is 9.33. The molecule has 0 aromatic rings. The average Bonchev–Trinajstić information content (AvgIpc) is 2.72. The van der Waals surface area contributed by atoms with Gasteiger partial charge in [-0.2, -0.15) is 0 Å². The van der Waals surface area contributed by atoms with Crippen LogP contribution in [0, 0.1) is 56.2 Å². The third-order valence-corrected chi connectivity index (χ3v) is 13.6. The van der Waals surface area contributed by atoms with Gasteiger partial charge in [-0.05, 0) is 116 Å². The summed E-state index contributed by atoms with van der Waals surface area (Å²) in [6, 6.07) is 0. The zero-order valence-electron chi connectivity index (χ0n) is 23.7. The van der Waals surface area contributed by atoms with Crippen LogP contribution < -0.4 is 0 Å². The minimum atomic E-state index is -0.563. The van der Waals surface area contributed by atoms with Crippen LogP contribution >= 0.6 is 0 Å². The third-order valence-electron chi connectivity index (χ3n) is 13.6. The number of allylic oxidation sites excluding steroid dienone is 2. The van der Waals surface area contributed by atoms with Gasteiger partial charge >= 0.3 is 5.97 Å². The minimum Gasteiger partial charge on any atom is -0.481 e. The highest BCUT2D eigenvalue weighted by atomic mass is 16.4. The van der Waals surface area contributed by atoms with Crippen molar-refractivity contribution in [3.05, 3.63) is 11.6 Å². The molecule has 0 amide bonds. The maximum atomic E-state index is 12.8. The van der Waals surface area contributed by atoms with Crippen molar-refractivity contribution in [3.63, 3.8) is 0 Å². The van der Waals surface area contributed by atoms with Crippen LogP contribution in [0.3, 0.4) is 0 Å². The molecule has 35 heavy (non-hydrogen) atoms. The lowest BCUT2D eigenvalue weighted by molar-refractivity contribution is -0.196. The topological polar surface area (TPSA) is 54.4 Å². The van der Waals surface area contributed by atoms with E-state index < -0.39 is 11.4 Å². The molecule has 3 nitrogen and oxygen atoms in total. The fourth-order valence-electron chi connectivity index (χ4n) is 11.4. The molecule has 0 aromatic carbocycles. The van der Waals surface area contributed by atoms with Gasteiger partial charge in [0.25, 0.3) is 0 Å². The van der Waals surface area contributed by atoms with E-state index in [4.69, 9.17) is 0 Å². The Morgan fingerprint density at radius 2 is 1.51 bits per heavy atom. The molecule has 0 radical (unpaired) electrons. The first-order chi connectivity index (χ1) is 16.1. The summed E-state index contributed by atoms with van der Waals surface area (Å²) >= 11 is 0. The first kappa shape index (κ1) is 25.5. The van der Waals surface area contributed by atoms with Gasteiger partial charge < -0.3 is 5.11 Å². The van der Waals surface area contributed by atoms with Crippen LogP contribution in [0.5, 0.6) is 0 Å². The van der Waals surface area contributed by atoms with Gasteiger partial charge in [-0.15, -0.1) is 0 Å². The zero-order valence-corrected chi connectivity index (χ0v) is 23.7. The summed E-state index contributed by atoms with van der Waals surface area (Å²) < 4.78 is 0. The maximum absolute atomic E-state index is 12.8. The Bertz CT molecular complexity index is 973. The lowest BCUT2D eigenvalue weighted by Gasteiger charge is -2.71. The van der Waals surface area contributed by atoms with Gasteiger partial charge in [0.15, 0.2) is 0 Å². The Labute approximate surface area is 213 Å². The van der Waals surface area contributed by atoms with Crippen molar-refractivity contribution < 1.29 is 14.7 Å². The first-order valence-electron chi connectivity index (χ1n) is 14.5. The molecule has 4 saturated carbocycles. The lowest BCUT2D eigenvalue weighted by Crippen LogP contribution is -2.64. The number of carbonyl (C=O) groups excluding carboxylic acids is 1. The van der Waals surface area contributed by atoms with Crippen molar-refractivity contribution in [3.8, 4) is 0 Å². The molecular formula is C32H50O3. The van der Waals surface area contributed by atoms with Crippen molar-refractivity contribution in [1.29, 1.82) is 0 Å². The van der Waals surface area contributed by atoms with E-state index in [0.717, 1.165) is 51.4 Å². The average molecular weight is 483 g/mol. The molecular weight excluding hydrogens is 432 g/mol. The fourth-order valence-corrected chi connectivity index (χ4v) is 11.4. The third kappa shape index (κ3) is 3.14. The van der Waals surface area contributed by atoms with Crippen LogP contribution in [0.2, 0.25) is 0 Å². The molecule has 1 unspecified atom stereocenters. The molecule has 1 N–H and O–H groups in total. The number of carboxylic acid groups (broad SMARTS) is 1. The van der Waals surface area contributed by atoms with Crippen molar-refractivity contribution >= 4 is 11.8 Å². The van der Waals surface area contributed by atoms with Crippen LogP contribution in [0.4, 0.5) is 0 Å². The van der Waals surface area contributed by atoms with Crippen LogP contribution in [-0.4, -0.2) is 16.9 Å². The molecule has 0 saturated heterocycles. The van der Waals surface area contributed by atoms with Gasteiger partial charge in [-0.25, -0.2) is 0 Å². The summed E-state index contributed by atoms with van der Waals surface area (Å²) in [4.78, 5) is 25.4. The normalized spacial score (nSPS) is 50.0. The van der Waals surface area contributed by atoms with Crippen molar-refractivity contribution in [2.75, 3.05) is 0 Å². The molecule has 196 valence electrons. The summed E-state index contributed by atoms with van der Waals surface area (Å²) in [5.41, 5.74) is 1.70. The number of rotatable bonds is 2. The number of hydrogen-bond acceptors (Lipinski definition) is 2. The molecule has 4 fully saturated rings. The summed E-state index contributed by atoms with van der Waals surface area (Å²) in [5, 5.41) is 10.5. The van der Waals surface area contributed by atoms with Crippen molar-refractivity contribution in [2.24, 2.45) is 56.2 Å². The summed E-state index contributed by atoms with van der Waals surface area (Å²) in [6.07, 6.45) is 12.9.